The third-order valence-electron chi connectivity index (χ3n) is 3.71. The van der Waals surface area contributed by atoms with Crippen LogP contribution in [0.2, 0.25) is 0 Å². The zero-order chi connectivity index (χ0) is 16.8. The van der Waals surface area contributed by atoms with Crippen molar-refractivity contribution in [2.45, 2.75) is 25.3 Å². The van der Waals surface area contributed by atoms with Gasteiger partial charge in [0.05, 0.1) is 7.11 Å². The molecule has 1 aliphatic rings. The van der Waals surface area contributed by atoms with Crippen molar-refractivity contribution in [3.63, 3.8) is 0 Å². The molecule has 1 N–H and O–H groups in total. The number of hydrogen-bond acceptors (Lipinski definition) is 5. The maximum absolute atomic E-state index is 12.6. The Hall–Kier alpha value is -2.57. The number of aliphatic carboxylic acids is 1. The molecule has 124 valence electrons. The quantitative estimate of drug-likeness (QED) is 0.822. The van der Waals surface area contributed by atoms with Crippen molar-refractivity contribution < 1.29 is 29.0 Å². The van der Waals surface area contributed by atoms with Crippen LogP contribution >= 0.6 is 0 Å². The summed E-state index contributed by atoms with van der Waals surface area (Å²) in [5.41, 5.74) is 0.334. The average molecular weight is 321 g/mol. The van der Waals surface area contributed by atoms with Gasteiger partial charge >= 0.3 is 11.9 Å². The molecule has 7 nitrogen and oxygen atoms in total. The lowest BCUT2D eigenvalue weighted by atomic mass is 10.0. The predicted octanol–water partition coefficient (Wildman–Crippen LogP) is 1.32. The van der Waals surface area contributed by atoms with Gasteiger partial charge in [-0.15, -0.1) is 0 Å². The Morgan fingerprint density at radius 2 is 2.09 bits per heavy atom. The van der Waals surface area contributed by atoms with Crippen LogP contribution in [0.5, 0.6) is 5.75 Å². The highest BCUT2D eigenvalue weighted by Gasteiger charge is 2.32. The van der Waals surface area contributed by atoms with E-state index in [9.17, 15) is 19.5 Å². The lowest BCUT2D eigenvalue weighted by molar-refractivity contribution is -0.144. The van der Waals surface area contributed by atoms with E-state index in [-0.39, 0.29) is 12.5 Å². The van der Waals surface area contributed by atoms with E-state index in [1.807, 2.05) is 0 Å². The molecule has 1 saturated heterocycles. The van der Waals surface area contributed by atoms with Gasteiger partial charge in [-0.2, -0.15) is 0 Å². The first-order valence-corrected chi connectivity index (χ1v) is 7.36. The highest BCUT2D eigenvalue weighted by molar-refractivity contribution is 5.97. The van der Waals surface area contributed by atoms with Gasteiger partial charge in [0.2, 0.25) is 0 Å². The molecule has 23 heavy (non-hydrogen) atoms. The first kappa shape index (κ1) is 16.8. The standard InChI is InChI=1S/C16H19NO6/c1-22-14(18)10-23-12-6-4-5-11(9-12)15(19)17-8-3-2-7-13(17)16(20)21/h4-6,9,13H,2-3,7-8,10H2,1H3,(H,20,21). The molecule has 7 heteroatoms. The van der Waals surface area contributed by atoms with Crippen LogP contribution in [-0.4, -0.2) is 54.2 Å². The van der Waals surface area contributed by atoms with Crippen LogP contribution < -0.4 is 4.74 Å². The minimum Gasteiger partial charge on any atom is -0.482 e. The molecule has 1 aromatic rings. The number of carbonyl (C=O) groups excluding carboxylic acids is 2. The van der Waals surface area contributed by atoms with Gasteiger partial charge in [0.1, 0.15) is 11.8 Å². The number of esters is 1. The van der Waals surface area contributed by atoms with Gasteiger partial charge in [0.25, 0.3) is 5.91 Å². The maximum atomic E-state index is 12.6. The fourth-order valence-corrected chi connectivity index (χ4v) is 2.52. The monoisotopic (exact) mass is 321 g/mol. The second-order valence-electron chi connectivity index (χ2n) is 5.24. The molecule has 1 heterocycles. The summed E-state index contributed by atoms with van der Waals surface area (Å²) < 4.78 is 9.73. The van der Waals surface area contributed by atoms with Crippen LogP contribution in [-0.2, 0) is 14.3 Å². The van der Waals surface area contributed by atoms with Crippen molar-refractivity contribution in [1.29, 1.82) is 0 Å². The number of nitrogens with zero attached hydrogens (tertiary/aromatic N) is 1. The Labute approximate surface area is 133 Å². The minimum absolute atomic E-state index is 0.254. The minimum atomic E-state index is -0.990. The first-order valence-electron chi connectivity index (χ1n) is 7.36. The number of ether oxygens (including phenoxy) is 2. The zero-order valence-corrected chi connectivity index (χ0v) is 12.9. The van der Waals surface area contributed by atoms with E-state index in [1.165, 1.54) is 18.1 Å². The van der Waals surface area contributed by atoms with Crippen molar-refractivity contribution in [2.24, 2.45) is 0 Å². The van der Waals surface area contributed by atoms with Crippen molar-refractivity contribution in [3.8, 4) is 5.75 Å². The highest BCUT2D eigenvalue weighted by atomic mass is 16.6. The molecule has 0 aliphatic carbocycles. The van der Waals surface area contributed by atoms with Crippen LogP contribution in [0.3, 0.4) is 0 Å². The van der Waals surface area contributed by atoms with Gasteiger partial charge in [0, 0.05) is 12.1 Å². The van der Waals surface area contributed by atoms with E-state index >= 15 is 0 Å². The third-order valence-corrected chi connectivity index (χ3v) is 3.71. The number of piperidine rings is 1. The smallest absolute Gasteiger partial charge is 0.343 e. The summed E-state index contributed by atoms with van der Waals surface area (Å²) in [6.45, 7) is 0.165. The number of methoxy groups -OCH3 is 1. The Morgan fingerprint density at radius 1 is 1.30 bits per heavy atom. The summed E-state index contributed by atoms with van der Waals surface area (Å²) in [6, 6.07) is 5.54. The fraction of sp³-hybridized carbons (Fsp3) is 0.438. The summed E-state index contributed by atoms with van der Waals surface area (Å²) in [5, 5.41) is 9.26. The molecule has 1 unspecified atom stereocenters. The van der Waals surface area contributed by atoms with E-state index in [4.69, 9.17) is 4.74 Å². The number of carbonyl (C=O) groups is 3. The topological polar surface area (TPSA) is 93.1 Å². The van der Waals surface area contributed by atoms with E-state index < -0.39 is 18.0 Å². The van der Waals surface area contributed by atoms with Crippen LogP contribution in [0, 0.1) is 0 Å². The summed E-state index contributed by atoms with van der Waals surface area (Å²) in [4.78, 5) is 36.3. The molecule has 0 saturated carbocycles. The van der Waals surface area contributed by atoms with E-state index in [1.54, 1.807) is 18.2 Å². The normalized spacial score (nSPS) is 17.4. The number of hydrogen-bond donors (Lipinski definition) is 1. The van der Waals surface area contributed by atoms with Gasteiger partial charge < -0.3 is 19.5 Å². The molecule has 1 aliphatic heterocycles. The summed E-state index contributed by atoms with van der Waals surface area (Å²) in [6.07, 6.45) is 2.04. The zero-order valence-electron chi connectivity index (χ0n) is 12.9. The van der Waals surface area contributed by atoms with Gasteiger partial charge in [-0.05, 0) is 37.5 Å². The Balaban J connectivity index is 2.12. The number of benzene rings is 1. The van der Waals surface area contributed by atoms with Crippen molar-refractivity contribution >= 4 is 17.8 Å². The second kappa shape index (κ2) is 7.62. The van der Waals surface area contributed by atoms with Gasteiger partial charge in [0.15, 0.2) is 6.61 Å². The number of carboxylic acid groups (broad SMARTS) is 1. The summed E-state index contributed by atoms with van der Waals surface area (Å²) in [7, 11) is 1.26. The van der Waals surface area contributed by atoms with E-state index in [0.29, 0.717) is 24.3 Å². The molecule has 0 bridgehead atoms. The molecular weight excluding hydrogens is 302 g/mol. The molecule has 0 aromatic heterocycles. The Kier molecular flexibility index (Phi) is 5.56. The molecule has 0 spiro atoms. The summed E-state index contributed by atoms with van der Waals surface area (Å²) >= 11 is 0. The van der Waals surface area contributed by atoms with E-state index in [2.05, 4.69) is 4.74 Å². The van der Waals surface area contributed by atoms with Crippen LogP contribution in [0.1, 0.15) is 29.6 Å². The van der Waals surface area contributed by atoms with Crippen molar-refractivity contribution in [2.75, 3.05) is 20.3 Å². The maximum Gasteiger partial charge on any atom is 0.343 e. The molecular formula is C16H19NO6. The number of rotatable bonds is 5. The Morgan fingerprint density at radius 3 is 2.78 bits per heavy atom. The molecule has 1 aromatic carbocycles. The molecule has 1 amide bonds. The molecule has 1 fully saturated rings. The summed E-state index contributed by atoms with van der Waals surface area (Å²) in [5.74, 6) is -1.51. The van der Waals surface area contributed by atoms with E-state index in [0.717, 1.165) is 12.8 Å². The van der Waals surface area contributed by atoms with Crippen molar-refractivity contribution in [3.05, 3.63) is 29.8 Å². The van der Waals surface area contributed by atoms with Gasteiger partial charge in [-0.3, -0.25) is 4.79 Å². The lowest BCUT2D eigenvalue weighted by Crippen LogP contribution is -2.47. The Bertz CT molecular complexity index is 600. The third kappa shape index (κ3) is 4.21. The fourth-order valence-electron chi connectivity index (χ4n) is 2.52. The lowest BCUT2D eigenvalue weighted by Gasteiger charge is -2.33. The number of carboxylic acids is 1. The largest absolute Gasteiger partial charge is 0.482 e. The van der Waals surface area contributed by atoms with Crippen LogP contribution in [0.15, 0.2) is 24.3 Å². The molecule has 1 atom stereocenters. The highest BCUT2D eigenvalue weighted by Crippen LogP contribution is 2.22. The predicted molar refractivity (Wildman–Crippen MR) is 80.3 cm³/mol. The van der Waals surface area contributed by atoms with Crippen LogP contribution in [0.25, 0.3) is 0 Å². The molecule has 0 radical (unpaired) electrons. The van der Waals surface area contributed by atoms with Crippen LogP contribution in [0.4, 0.5) is 0 Å². The van der Waals surface area contributed by atoms with Crippen molar-refractivity contribution in [1.82, 2.24) is 4.90 Å². The number of likely N-dealkylation sites (tertiary alicyclic amines) is 1. The average Bonchev–Trinajstić information content (AvgIpc) is 2.59. The van der Waals surface area contributed by atoms with Gasteiger partial charge in [-0.25, -0.2) is 9.59 Å². The SMILES string of the molecule is COC(=O)COc1cccc(C(=O)N2CCCCC2C(=O)O)c1. The molecule has 2 rings (SSSR count). The number of amides is 1. The first-order chi connectivity index (χ1) is 11.0. The second-order valence-corrected chi connectivity index (χ2v) is 5.24. The van der Waals surface area contributed by atoms with Gasteiger partial charge in [-0.1, -0.05) is 6.07 Å².